The second-order valence-electron chi connectivity index (χ2n) is 3.62. The molecule has 1 aromatic heterocycles. The molecule has 4 nitrogen and oxygen atoms in total. The average Bonchev–Trinajstić information content (AvgIpc) is 2.86. The summed E-state index contributed by atoms with van der Waals surface area (Å²) in [6, 6.07) is 8.69. The summed E-state index contributed by atoms with van der Waals surface area (Å²) in [5.41, 5.74) is 0.971. The van der Waals surface area contributed by atoms with E-state index in [0.717, 1.165) is 4.47 Å². The molecule has 0 aliphatic rings. The fourth-order valence-electron chi connectivity index (χ4n) is 1.48. The molecule has 0 aliphatic heterocycles. The molecule has 98 valence electrons. The van der Waals surface area contributed by atoms with Crippen molar-refractivity contribution in [3.63, 3.8) is 0 Å². The number of thiophene rings is 1. The van der Waals surface area contributed by atoms with E-state index in [1.54, 1.807) is 29.6 Å². The molecule has 0 saturated carbocycles. The van der Waals surface area contributed by atoms with Gasteiger partial charge in [-0.15, -0.1) is 11.3 Å². The Hall–Kier alpha value is -1.66. The molecule has 0 unspecified atom stereocenters. The number of halogens is 1. The van der Waals surface area contributed by atoms with Crippen LogP contribution in [0.3, 0.4) is 0 Å². The highest BCUT2D eigenvalue weighted by molar-refractivity contribution is 9.10. The molecule has 0 saturated heterocycles. The maximum absolute atomic E-state index is 12.0. The summed E-state index contributed by atoms with van der Waals surface area (Å²) in [4.78, 5) is 23.9. The van der Waals surface area contributed by atoms with Crippen molar-refractivity contribution in [1.29, 1.82) is 0 Å². The standard InChI is InChI=1S/C13H10BrNO3S/c1-18-13(17)11-10(5-6-19-11)15-12(16)8-3-2-4-9(14)7-8/h2-7H,1H3,(H,15,16). The van der Waals surface area contributed by atoms with Gasteiger partial charge in [0, 0.05) is 10.0 Å². The molecule has 0 radical (unpaired) electrons. The van der Waals surface area contributed by atoms with Gasteiger partial charge in [-0.25, -0.2) is 4.79 Å². The summed E-state index contributed by atoms with van der Waals surface area (Å²) in [6.07, 6.45) is 0. The molecule has 0 fully saturated rings. The van der Waals surface area contributed by atoms with E-state index in [1.165, 1.54) is 18.4 Å². The highest BCUT2D eigenvalue weighted by Crippen LogP contribution is 2.24. The van der Waals surface area contributed by atoms with Gasteiger partial charge in [0.25, 0.3) is 5.91 Å². The van der Waals surface area contributed by atoms with Crippen LogP contribution in [0.4, 0.5) is 5.69 Å². The van der Waals surface area contributed by atoms with E-state index in [4.69, 9.17) is 0 Å². The predicted octanol–water partition coefficient (Wildman–Crippen LogP) is 3.55. The largest absolute Gasteiger partial charge is 0.465 e. The first kappa shape index (κ1) is 13.8. The van der Waals surface area contributed by atoms with Crippen molar-refractivity contribution in [2.24, 2.45) is 0 Å². The van der Waals surface area contributed by atoms with Gasteiger partial charge in [-0.1, -0.05) is 22.0 Å². The lowest BCUT2D eigenvalue weighted by Gasteiger charge is -2.05. The number of esters is 1. The van der Waals surface area contributed by atoms with E-state index in [9.17, 15) is 9.59 Å². The molecule has 1 heterocycles. The number of benzene rings is 1. The number of carbonyl (C=O) groups excluding carboxylic acids is 2. The number of anilines is 1. The average molecular weight is 340 g/mol. The van der Waals surface area contributed by atoms with Crippen LogP contribution in [0, 0.1) is 0 Å². The van der Waals surface area contributed by atoms with Crippen LogP contribution in [-0.2, 0) is 4.74 Å². The summed E-state index contributed by atoms with van der Waals surface area (Å²) in [6.45, 7) is 0. The Morgan fingerprint density at radius 3 is 2.79 bits per heavy atom. The van der Waals surface area contributed by atoms with Gasteiger partial charge in [0.05, 0.1) is 12.8 Å². The highest BCUT2D eigenvalue weighted by atomic mass is 79.9. The lowest BCUT2D eigenvalue weighted by Crippen LogP contribution is -2.13. The van der Waals surface area contributed by atoms with Gasteiger partial charge in [-0.05, 0) is 29.6 Å². The van der Waals surface area contributed by atoms with Crippen molar-refractivity contribution >= 4 is 44.8 Å². The van der Waals surface area contributed by atoms with Crippen molar-refractivity contribution < 1.29 is 14.3 Å². The first-order valence-corrected chi connectivity index (χ1v) is 7.02. The van der Waals surface area contributed by atoms with Crippen molar-refractivity contribution in [3.8, 4) is 0 Å². The second kappa shape index (κ2) is 5.99. The van der Waals surface area contributed by atoms with E-state index in [0.29, 0.717) is 16.1 Å². The monoisotopic (exact) mass is 339 g/mol. The Morgan fingerprint density at radius 1 is 1.32 bits per heavy atom. The van der Waals surface area contributed by atoms with E-state index in [-0.39, 0.29) is 5.91 Å². The molecule has 1 amide bonds. The molecular formula is C13H10BrNO3S. The zero-order valence-electron chi connectivity index (χ0n) is 9.98. The Kier molecular flexibility index (Phi) is 4.34. The van der Waals surface area contributed by atoms with Gasteiger partial charge < -0.3 is 10.1 Å². The van der Waals surface area contributed by atoms with E-state index < -0.39 is 5.97 Å². The van der Waals surface area contributed by atoms with Gasteiger partial charge in [0.2, 0.25) is 0 Å². The first-order valence-electron chi connectivity index (χ1n) is 5.34. The van der Waals surface area contributed by atoms with E-state index in [2.05, 4.69) is 26.0 Å². The number of hydrogen-bond acceptors (Lipinski definition) is 4. The number of amides is 1. The quantitative estimate of drug-likeness (QED) is 0.870. The number of rotatable bonds is 3. The molecule has 6 heteroatoms. The molecule has 1 aromatic carbocycles. The normalized spacial score (nSPS) is 10.0. The number of methoxy groups -OCH3 is 1. The third-order valence-electron chi connectivity index (χ3n) is 2.37. The van der Waals surface area contributed by atoms with Crippen molar-refractivity contribution in [2.75, 3.05) is 12.4 Å². The molecule has 1 N–H and O–H groups in total. The van der Waals surface area contributed by atoms with Crippen molar-refractivity contribution in [3.05, 3.63) is 50.6 Å². The van der Waals surface area contributed by atoms with Crippen molar-refractivity contribution in [2.45, 2.75) is 0 Å². The van der Waals surface area contributed by atoms with E-state index in [1.807, 2.05) is 6.07 Å². The van der Waals surface area contributed by atoms with Crippen LogP contribution in [-0.4, -0.2) is 19.0 Å². The van der Waals surface area contributed by atoms with Gasteiger partial charge in [0.1, 0.15) is 4.88 Å². The number of hydrogen-bond donors (Lipinski definition) is 1. The first-order chi connectivity index (χ1) is 9.11. The minimum atomic E-state index is -0.459. The molecule has 0 spiro atoms. The van der Waals surface area contributed by atoms with Crippen LogP contribution in [0.15, 0.2) is 40.2 Å². The Labute approximate surface area is 122 Å². The second-order valence-corrected chi connectivity index (χ2v) is 5.45. The number of nitrogens with one attached hydrogen (secondary N) is 1. The van der Waals surface area contributed by atoms with Crippen LogP contribution < -0.4 is 5.32 Å². The lowest BCUT2D eigenvalue weighted by molar-refractivity contribution is 0.0607. The molecule has 0 atom stereocenters. The summed E-state index contributed by atoms with van der Waals surface area (Å²) >= 11 is 4.53. The SMILES string of the molecule is COC(=O)c1sccc1NC(=O)c1cccc(Br)c1. The third kappa shape index (κ3) is 3.21. The zero-order chi connectivity index (χ0) is 13.8. The van der Waals surface area contributed by atoms with Gasteiger partial charge in [-0.3, -0.25) is 4.79 Å². The molecule has 0 aliphatic carbocycles. The number of carbonyl (C=O) groups is 2. The summed E-state index contributed by atoms with van der Waals surface area (Å²) < 4.78 is 5.47. The van der Waals surface area contributed by atoms with Crippen LogP contribution in [0.5, 0.6) is 0 Å². The molecule has 0 bridgehead atoms. The Balaban J connectivity index is 2.20. The summed E-state index contributed by atoms with van der Waals surface area (Å²) in [5.74, 6) is -0.732. The summed E-state index contributed by atoms with van der Waals surface area (Å²) in [5, 5.41) is 4.42. The molecule has 19 heavy (non-hydrogen) atoms. The third-order valence-corrected chi connectivity index (χ3v) is 3.76. The molecule has 2 aromatic rings. The van der Waals surface area contributed by atoms with Crippen LogP contribution in [0.1, 0.15) is 20.0 Å². The minimum absolute atomic E-state index is 0.273. The molecular weight excluding hydrogens is 330 g/mol. The maximum Gasteiger partial charge on any atom is 0.350 e. The molecule has 2 rings (SSSR count). The lowest BCUT2D eigenvalue weighted by atomic mass is 10.2. The highest BCUT2D eigenvalue weighted by Gasteiger charge is 2.16. The van der Waals surface area contributed by atoms with Crippen LogP contribution in [0.2, 0.25) is 0 Å². The van der Waals surface area contributed by atoms with Crippen LogP contribution in [0.25, 0.3) is 0 Å². The fourth-order valence-corrected chi connectivity index (χ4v) is 2.65. The topological polar surface area (TPSA) is 55.4 Å². The van der Waals surface area contributed by atoms with Crippen LogP contribution >= 0.6 is 27.3 Å². The smallest absolute Gasteiger partial charge is 0.350 e. The van der Waals surface area contributed by atoms with Gasteiger partial charge in [0.15, 0.2) is 0 Å². The summed E-state index contributed by atoms with van der Waals surface area (Å²) in [7, 11) is 1.31. The van der Waals surface area contributed by atoms with E-state index >= 15 is 0 Å². The number of ether oxygens (including phenoxy) is 1. The zero-order valence-corrected chi connectivity index (χ0v) is 12.4. The Bertz CT molecular complexity index is 624. The fraction of sp³-hybridized carbons (Fsp3) is 0.0769. The van der Waals surface area contributed by atoms with Gasteiger partial charge in [-0.2, -0.15) is 0 Å². The predicted molar refractivity (Wildman–Crippen MR) is 77.8 cm³/mol. The maximum atomic E-state index is 12.0. The van der Waals surface area contributed by atoms with Gasteiger partial charge >= 0.3 is 5.97 Å². The Morgan fingerprint density at radius 2 is 2.11 bits per heavy atom. The van der Waals surface area contributed by atoms with Crippen molar-refractivity contribution in [1.82, 2.24) is 0 Å². The minimum Gasteiger partial charge on any atom is -0.465 e.